The van der Waals surface area contributed by atoms with E-state index >= 15 is 0 Å². The van der Waals surface area contributed by atoms with Crippen molar-refractivity contribution in [3.8, 4) is 0 Å². The van der Waals surface area contributed by atoms with Crippen LogP contribution in [0.25, 0.3) is 0 Å². The highest BCUT2D eigenvalue weighted by Crippen LogP contribution is 2.38. The Kier molecular flexibility index (Phi) is 2.36. The standard InChI is InChI=1S/C13H19N3/c1-11-9-12(3-6-15-11)16-8-2-4-13(16)5-7-14-10-13/h3,6,9,14H,2,4-5,7-8,10H2,1H3. The van der Waals surface area contributed by atoms with Crippen LogP contribution in [-0.2, 0) is 0 Å². The third-order valence-electron chi connectivity index (χ3n) is 4.01. The Morgan fingerprint density at radius 1 is 1.44 bits per heavy atom. The van der Waals surface area contributed by atoms with Gasteiger partial charge in [0.2, 0.25) is 0 Å². The van der Waals surface area contributed by atoms with Gasteiger partial charge in [-0.25, -0.2) is 0 Å². The smallest absolute Gasteiger partial charge is 0.0539 e. The summed E-state index contributed by atoms with van der Waals surface area (Å²) in [4.78, 5) is 6.88. The highest BCUT2D eigenvalue weighted by atomic mass is 15.3. The van der Waals surface area contributed by atoms with E-state index < -0.39 is 0 Å². The Labute approximate surface area is 96.9 Å². The lowest BCUT2D eigenvalue weighted by atomic mass is 9.95. The molecule has 2 saturated heterocycles. The van der Waals surface area contributed by atoms with E-state index in [9.17, 15) is 0 Å². The molecule has 2 fully saturated rings. The number of nitrogens with zero attached hydrogens (tertiary/aromatic N) is 2. The number of anilines is 1. The summed E-state index contributed by atoms with van der Waals surface area (Å²) in [6.07, 6.45) is 5.87. The van der Waals surface area contributed by atoms with Gasteiger partial charge in [0, 0.05) is 30.7 Å². The monoisotopic (exact) mass is 217 g/mol. The van der Waals surface area contributed by atoms with Crippen molar-refractivity contribution in [2.45, 2.75) is 31.7 Å². The van der Waals surface area contributed by atoms with Crippen molar-refractivity contribution in [2.75, 3.05) is 24.5 Å². The summed E-state index contributed by atoms with van der Waals surface area (Å²) in [7, 11) is 0. The van der Waals surface area contributed by atoms with E-state index in [-0.39, 0.29) is 0 Å². The van der Waals surface area contributed by atoms with Crippen molar-refractivity contribution in [2.24, 2.45) is 0 Å². The summed E-state index contributed by atoms with van der Waals surface area (Å²) in [5.41, 5.74) is 2.87. The van der Waals surface area contributed by atoms with E-state index in [0.29, 0.717) is 5.54 Å². The van der Waals surface area contributed by atoms with Crippen LogP contribution in [-0.4, -0.2) is 30.2 Å². The molecule has 0 saturated carbocycles. The summed E-state index contributed by atoms with van der Waals surface area (Å²) in [5, 5.41) is 3.51. The van der Waals surface area contributed by atoms with Crippen molar-refractivity contribution in [3.05, 3.63) is 24.0 Å². The molecule has 1 aromatic heterocycles. The Hall–Kier alpha value is -1.09. The van der Waals surface area contributed by atoms with E-state index in [1.165, 1.54) is 38.0 Å². The van der Waals surface area contributed by atoms with E-state index in [4.69, 9.17) is 0 Å². The normalized spacial score (nSPS) is 29.2. The van der Waals surface area contributed by atoms with Gasteiger partial charge in [0.25, 0.3) is 0 Å². The van der Waals surface area contributed by atoms with Gasteiger partial charge in [-0.2, -0.15) is 0 Å². The first-order valence-corrected chi connectivity index (χ1v) is 6.21. The molecule has 3 heterocycles. The molecule has 2 aliphatic rings. The molecule has 0 radical (unpaired) electrons. The van der Waals surface area contributed by atoms with Crippen molar-refractivity contribution >= 4 is 5.69 Å². The minimum absolute atomic E-state index is 0.397. The number of nitrogens with one attached hydrogen (secondary N) is 1. The van der Waals surface area contributed by atoms with Gasteiger partial charge in [-0.3, -0.25) is 4.98 Å². The predicted molar refractivity (Wildman–Crippen MR) is 65.8 cm³/mol. The first kappa shape index (κ1) is 10.1. The lowest BCUT2D eigenvalue weighted by Crippen LogP contribution is -2.45. The molecule has 3 rings (SSSR count). The number of aromatic nitrogens is 1. The highest BCUT2D eigenvalue weighted by Gasteiger charge is 2.42. The van der Waals surface area contributed by atoms with E-state index in [1.807, 2.05) is 6.20 Å². The Morgan fingerprint density at radius 3 is 3.12 bits per heavy atom. The molecule has 1 aromatic rings. The molecular formula is C13H19N3. The van der Waals surface area contributed by atoms with Crippen molar-refractivity contribution in [1.29, 1.82) is 0 Å². The van der Waals surface area contributed by atoms with E-state index in [1.54, 1.807) is 0 Å². The van der Waals surface area contributed by atoms with Crippen LogP contribution in [0.5, 0.6) is 0 Å². The van der Waals surface area contributed by atoms with Gasteiger partial charge in [-0.15, -0.1) is 0 Å². The Balaban J connectivity index is 1.94. The van der Waals surface area contributed by atoms with Crippen LogP contribution < -0.4 is 10.2 Å². The first-order valence-electron chi connectivity index (χ1n) is 6.21. The van der Waals surface area contributed by atoms with Crippen molar-refractivity contribution < 1.29 is 0 Å². The SMILES string of the molecule is Cc1cc(N2CCCC23CCNC3)ccn1. The largest absolute Gasteiger partial charge is 0.364 e. The molecular weight excluding hydrogens is 198 g/mol. The fourth-order valence-electron chi connectivity index (χ4n) is 3.21. The summed E-state index contributed by atoms with van der Waals surface area (Å²) in [6, 6.07) is 4.36. The second kappa shape index (κ2) is 3.74. The molecule has 1 spiro atoms. The van der Waals surface area contributed by atoms with Crippen molar-refractivity contribution in [3.63, 3.8) is 0 Å². The molecule has 86 valence electrons. The van der Waals surface area contributed by atoms with Crippen LogP contribution in [0.2, 0.25) is 0 Å². The number of hydrogen-bond donors (Lipinski definition) is 1. The molecule has 0 bridgehead atoms. The third kappa shape index (κ3) is 1.50. The maximum atomic E-state index is 4.28. The second-order valence-corrected chi connectivity index (χ2v) is 5.06. The van der Waals surface area contributed by atoms with Crippen LogP contribution >= 0.6 is 0 Å². The second-order valence-electron chi connectivity index (χ2n) is 5.06. The zero-order valence-corrected chi connectivity index (χ0v) is 9.87. The zero-order chi connectivity index (χ0) is 11.0. The van der Waals surface area contributed by atoms with Gasteiger partial charge < -0.3 is 10.2 Å². The van der Waals surface area contributed by atoms with E-state index in [0.717, 1.165) is 12.2 Å². The molecule has 3 nitrogen and oxygen atoms in total. The third-order valence-corrected chi connectivity index (χ3v) is 4.01. The van der Waals surface area contributed by atoms with Crippen LogP contribution in [0, 0.1) is 6.92 Å². The molecule has 16 heavy (non-hydrogen) atoms. The molecule has 0 aliphatic carbocycles. The number of rotatable bonds is 1. The summed E-state index contributed by atoms with van der Waals surface area (Å²) in [6.45, 7) is 5.58. The zero-order valence-electron chi connectivity index (χ0n) is 9.87. The molecule has 1 N–H and O–H groups in total. The lowest BCUT2D eigenvalue weighted by Gasteiger charge is -2.36. The quantitative estimate of drug-likeness (QED) is 0.776. The van der Waals surface area contributed by atoms with Gasteiger partial charge in [0.05, 0.1) is 5.54 Å². The molecule has 1 unspecified atom stereocenters. The van der Waals surface area contributed by atoms with Gasteiger partial charge in [-0.1, -0.05) is 0 Å². The molecule has 1 atom stereocenters. The first-order chi connectivity index (χ1) is 7.80. The molecule has 3 heteroatoms. The number of pyridine rings is 1. The topological polar surface area (TPSA) is 28.2 Å². The van der Waals surface area contributed by atoms with Crippen LogP contribution in [0.1, 0.15) is 25.0 Å². The van der Waals surface area contributed by atoms with Gasteiger partial charge >= 0.3 is 0 Å². The van der Waals surface area contributed by atoms with Crippen molar-refractivity contribution in [1.82, 2.24) is 10.3 Å². The summed E-state index contributed by atoms with van der Waals surface area (Å²) in [5.74, 6) is 0. The Bertz CT molecular complexity index is 377. The summed E-state index contributed by atoms with van der Waals surface area (Å²) >= 11 is 0. The van der Waals surface area contributed by atoms with Crippen LogP contribution in [0.15, 0.2) is 18.3 Å². The Morgan fingerprint density at radius 2 is 2.38 bits per heavy atom. The van der Waals surface area contributed by atoms with E-state index in [2.05, 4.69) is 34.3 Å². The van der Waals surface area contributed by atoms with Crippen LogP contribution in [0.3, 0.4) is 0 Å². The maximum absolute atomic E-state index is 4.28. The number of aryl methyl sites for hydroxylation is 1. The molecule has 0 aromatic carbocycles. The fourth-order valence-corrected chi connectivity index (χ4v) is 3.21. The highest BCUT2D eigenvalue weighted by molar-refractivity contribution is 5.51. The van der Waals surface area contributed by atoms with Gasteiger partial charge in [0.1, 0.15) is 0 Å². The molecule has 0 amide bonds. The average Bonchev–Trinajstić information content (AvgIpc) is 2.90. The maximum Gasteiger partial charge on any atom is 0.0539 e. The van der Waals surface area contributed by atoms with Gasteiger partial charge in [-0.05, 0) is 44.9 Å². The predicted octanol–water partition coefficient (Wildman–Crippen LogP) is 1.72. The minimum atomic E-state index is 0.397. The van der Waals surface area contributed by atoms with Crippen LogP contribution in [0.4, 0.5) is 5.69 Å². The lowest BCUT2D eigenvalue weighted by molar-refractivity contribution is 0.467. The average molecular weight is 217 g/mol. The van der Waals surface area contributed by atoms with Gasteiger partial charge in [0.15, 0.2) is 0 Å². The minimum Gasteiger partial charge on any atom is -0.364 e. The summed E-state index contributed by atoms with van der Waals surface area (Å²) < 4.78 is 0. The number of hydrogen-bond acceptors (Lipinski definition) is 3. The fraction of sp³-hybridized carbons (Fsp3) is 0.615. The molecule has 2 aliphatic heterocycles.